The molecule has 3 aromatic heterocycles. The Morgan fingerprint density at radius 3 is 1.75 bits per heavy atom. The molecule has 0 aromatic carbocycles. The van der Waals surface area contributed by atoms with Gasteiger partial charge in [-0.2, -0.15) is 9.97 Å². The number of aliphatic hydroxyl groups is 1. The number of nitrogens with zero attached hydrogens (tertiary/aromatic N) is 9. The van der Waals surface area contributed by atoms with Gasteiger partial charge in [0.05, 0.1) is 57.7 Å². The molecule has 0 amide bonds. The second kappa shape index (κ2) is 17.0. The van der Waals surface area contributed by atoms with Gasteiger partial charge in [0.2, 0.25) is 11.9 Å². The van der Waals surface area contributed by atoms with Gasteiger partial charge >= 0.3 is 5.97 Å². The maximum Gasteiger partial charge on any atom is 0.358 e. The van der Waals surface area contributed by atoms with Crippen LogP contribution in [0.3, 0.4) is 0 Å². The van der Waals surface area contributed by atoms with Crippen molar-refractivity contribution in [2.45, 2.75) is 86.5 Å². The SMILES string of the molecule is CCN(c1nc(N2CC(O)C2)nc2c1S(=O)CC2)C1CCOCC1.CCN(c1nc(N2CC(OC(=O)c3cscn3)C2)nc2c1S(=O)CC2)C1CCOCC1. The second-order valence-corrected chi connectivity index (χ2v) is 18.2. The fourth-order valence-electron chi connectivity index (χ4n) is 7.98. The molecule has 0 radical (unpaired) electrons. The Morgan fingerprint density at radius 2 is 1.31 bits per heavy atom. The zero-order chi connectivity index (χ0) is 38.1. The Balaban J connectivity index is 0.000000160. The molecule has 4 saturated heterocycles. The average molecular weight is 816 g/mol. The van der Waals surface area contributed by atoms with E-state index in [0.29, 0.717) is 73.8 Å². The number of ether oxygens (including phenoxy) is 3. The highest BCUT2D eigenvalue weighted by molar-refractivity contribution is 7.85. The highest BCUT2D eigenvalue weighted by atomic mass is 32.2. The van der Waals surface area contributed by atoms with E-state index in [0.717, 1.165) is 104 Å². The minimum absolute atomic E-state index is 0.207. The normalized spacial score (nSPS) is 23.0. The predicted molar refractivity (Wildman–Crippen MR) is 209 cm³/mol. The molecule has 6 aliphatic rings. The molecular weight excluding hydrogens is 767 g/mol. The Kier molecular flexibility index (Phi) is 11.9. The number of aromatic nitrogens is 5. The van der Waals surface area contributed by atoms with Gasteiger partial charge in [0.25, 0.3) is 0 Å². The van der Waals surface area contributed by atoms with Crippen LogP contribution >= 0.6 is 11.3 Å². The number of aryl methyl sites for hydroxylation is 2. The number of hydrogen-bond donors (Lipinski definition) is 1. The number of fused-ring (bicyclic) bond motifs is 2. The summed E-state index contributed by atoms with van der Waals surface area (Å²) in [7, 11) is -2.08. The summed E-state index contributed by atoms with van der Waals surface area (Å²) >= 11 is 1.37. The van der Waals surface area contributed by atoms with Crippen LogP contribution < -0.4 is 19.6 Å². The van der Waals surface area contributed by atoms with E-state index < -0.39 is 27.6 Å². The monoisotopic (exact) mass is 815 g/mol. The van der Waals surface area contributed by atoms with Gasteiger partial charge in [-0.15, -0.1) is 11.3 Å². The van der Waals surface area contributed by atoms with Gasteiger partial charge < -0.3 is 38.9 Å². The summed E-state index contributed by atoms with van der Waals surface area (Å²) in [6.07, 6.45) is 4.75. The molecule has 298 valence electrons. The lowest BCUT2D eigenvalue weighted by atomic mass is 10.1. The standard InChI is InChI=1S/C20H25N5O4S2.C16H24N4O3S/c1-2-25(13-3-6-28-7-4-13)18-17-15(5-8-31(17)27)22-20(23-18)24-9-14(10-24)29-19(26)16-11-30-12-21-16;1-2-20(11-3-6-23-7-4-11)15-14-13(5-8-24(14)22)17-16(18-15)19-9-12(21)10-19/h11-14H,2-10H2,1H3;11-12,21H,2-10H2,1H3. The predicted octanol–water partition coefficient (Wildman–Crippen LogP) is 1.97. The van der Waals surface area contributed by atoms with Crippen molar-refractivity contribution >= 4 is 62.4 Å². The third-order valence-electron chi connectivity index (χ3n) is 11.0. The highest BCUT2D eigenvalue weighted by Crippen LogP contribution is 2.37. The van der Waals surface area contributed by atoms with Crippen LogP contribution in [0.25, 0.3) is 0 Å². The molecule has 16 nitrogen and oxygen atoms in total. The first kappa shape index (κ1) is 38.5. The fourth-order valence-corrected chi connectivity index (χ4v) is 11.2. The summed E-state index contributed by atoms with van der Waals surface area (Å²) in [5.74, 6) is 3.76. The fraction of sp³-hybridized carbons (Fsp3) is 0.667. The van der Waals surface area contributed by atoms with Crippen LogP contribution in [0.4, 0.5) is 23.5 Å². The van der Waals surface area contributed by atoms with Crippen LogP contribution in [0.1, 0.15) is 61.4 Å². The van der Waals surface area contributed by atoms with Gasteiger partial charge in [-0.05, 0) is 39.5 Å². The maximum absolute atomic E-state index is 12.7. The van der Waals surface area contributed by atoms with Crippen molar-refractivity contribution < 1.29 is 32.5 Å². The van der Waals surface area contributed by atoms with Gasteiger partial charge in [0.1, 0.15) is 15.9 Å². The number of thiazole rings is 1. The van der Waals surface area contributed by atoms with E-state index in [2.05, 4.69) is 33.6 Å². The lowest BCUT2D eigenvalue weighted by Gasteiger charge is -2.39. The zero-order valence-corrected chi connectivity index (χ0v) is 33.8. The maximum atomic E-state index is 12.7. The van der Waals surface area contributed by atoms with Crippen LogP contribution in [0.15, 0.2) is 20.7 Å². The van der Waals surface area contributed by atoms with E-state index in [1.807, 2.05) is 9.80 Å². The van der Waals surface area contributed by atoms with Crippen molar-refractivity contribution in [2.75, 3.05) is 96.8 Å². The van der Waals surface area contributed by atoms with Crippen molar-refractivity contribution in [1.82, 2.24) is 24.9 Å². The number of β-amino-alcohol motifs (C(OH)–C–C–N with tert-alkyl or cyclic N) is 1. The van der Waals surface area contributed by atoms with Crippen molar-refractivity contribution in [3.63, 3.8) is 0 Å². The lowest BCUT2D eigenvalue weighted by Crippen LogP contribution is -2.54. The van der Waals surface area contributed by atoms with Crippen molar-refractivity contribution in [2.24, 2.45) is 0 Å². The summed E-state index contributed by atoms with van der Waals surface area (Å²) < 4.78 is 41.8. The summed E-state index contributed by atoms with van der Waals surface area (Å²) in [6, 6.07) is 0.696. The van der Waals surface area contributed by atoms with Crippen molar-refractivity contribution in [3.05, 3.63) is 28.0 Å². The lowest BCUT2D eigenvalue weighted by molar-refractivity contribution is 0.0225. The Bertz CT molecular complexity index is 1880. The van der Waals surface area contributed by atoms with Crippen LogP contribution in [-0.2, 0) is 48.7 Å². The van der Waals surface area contributed by atoms with Crippen LogP contribution in [-0.4, -0.2) is 146 Å². The van der Waals surface area contributed by atoms with Crippen molar-refractivity contribution in [3.8, 4) is 0 Å². The molecule has 6 aliphatic heterocycles. The number of carbonyl (C=O) groups excluding carboxylic acids is 1. The van der Waals surface area contributed by atoms with Crippen LogP contribution in [0, 0.1) is 0 Å². The van der Waals surface area contributed by atoms with Gasteiger partial charge in [-0.3, -0.25) is 8.42 Å². The third-order valence-corrected chi connectivity index (χ3v) is 14.5. The molecule has 9 rings (SSSR count). The number of esters is 1. The van der Waals surface area contributed by atoms with E-state index in [-0.39, 0.29) is 12.2 Å². The molecule has 55 heavy (non-hydrogen) atoms. The largest absolute Gasteiger partial charge is 0.454 e. The second-order valence-electron chi connectivity index (χ2n) is 14.5. The molecule has 19 heteroatoms. The summed E-state index contributed by atoms with van der Waals surface area (Å²) in [5, 5.41) is 11.3. The number of anilines is 4. The quantitative estimate of drug-likeness (QED) is 0.294. The smallest absolute Gasteiger partial charge is 0.358 e. The molecule has 0 saturated carbocycles. The first-order valence-corrected chi connectivity index (χ1v) is 22.9. The molecule has 0 aliphatic carbocycles. The van der Waals surface area contributed by atoms with Gasteiger partial charge in [-0.1, -0.05) is 0 Å². The minimum Gasteiger partial charge on any atom is -0.454 e. The Morgan fingerprint density at radius 1 is 0.818 bits per heavy atom. The van der Waals surface area contributed by atoms with Crippen LogP contribution in [0.5, 0.6) is 0 Å². The number of aliphatic hydroxyl groups excluding tert-OH is 1. The molecule has 9 heterocycles. The third kappa shape index (κ3) is 8.10. The van der Waals surface area contributed by atoms with Crippen molar-refractivity contribution in [1.29, 1.82) is 0 Å². The highest BCUT2D eigenvalue weighted by Gasteiger charge is 2.38. The Hall–Kier alpha value is -3.36. The van der Waals surface area contributed by atoms with E-state index in [1.165, 1.54) is 11.3 Å². The van der Waals surface area contributed by atoms with E-state index in [4.69, 9.17) is 29.2 Å². The van der Waals surface area contributed by atoms with Gasteiger partial charge in [-0.25, -0.2) is 19.7 Å². The zero-order valence-electron chi connectivity index (χ0n) is 31.3. The molecule has 4 fully saturated rings. The van der Waals surface area contributed by atoms with E-state index >= 15 is 0 Å². The topological polar surface area (TPSA) is 177 Å². The summed E-state index contributed by atoms with van der Waals surface area (Å²) in [5.41, 5.74) is 3.76. The number of carbonyl (C=O) groups is 1. The number of hydrogen-bond acceptors (Lipinski definition) is 17. The molecule has 2 atom stereocenters. The molecule has 2 unspecified atom stereocenters. The van der Waals surface area contributed by atoms with E-state index in [9.17, 15) is 18.3 Å². The van der Waals surface area contributed by atoms with Crippen LogP contribution in [0.2, 0.25) is 0 Å². The molecular formula is C36H49N9O7S3. The minimum atomic E-state index is -1.07. The molecule has 0 spiro atoms. The van der Waals surface area contributed by atoms with Gasteiger partial charge in [0.15, 0.2) is 17.3 Å². The number of rotatable bonds is 10. The summed E-state index contributed by atoms with van der Waals surface area (Å²) in [4.78, 5) is 45.4. The Labute approximate surface area is 329 Å². The summed E-state index contributed by atoms with van der Waals surface area (Å²) in [6.45, 7) is 11.1. The molecule has 1 N–H and O–H groups in total. The van der Waals surface area contributed by atoms with E-state index in [1.54, 1.807) is 10.9 Å². The average Bonchev–Trinajstić information content (AvgIpc) is 3.94. The first-order valence-electron chi connectivity index (χ1n) is 19.4. The van der Waals surface area contributed by atoms with Gasteiger partial charge in [0, 0.05) is 94.4 Å². The first-order chi connectivity index (χ1) is 26.8. The molecule has 0 bridgehead atoms. The molecule has 3 aromatic rings.